The highest BCUT2D eigenvalue weighted by molar-refractivity contribution is 6.05. The predicted octanol–water partition coefficient (Wildman–Crippen LogP) is 5.43. The molecular weight excluding hydrogens is 469 g/mol. The van der Waals surface area contributed by atoms with Gasteiger partial charge < -0.3 is 5.32 Å². The topological polar surface area (TPSA) is 101 Å². The molecule has 0 saturated heterocycles. The highest BCUT2D eigenvalue weighted by atomic mass is 19.1. The molecule has 7 nitrogen and oxygen atoms in total. The summed E-state index contributed by atoms with van der Waals surface area (Å²) in [6.07, 6.45) is 0.295. The van der Waals surface area contributed by atoms with E-state index < -0.39 is 11.7 Å². The van der Waals surface area contributed by atoms with Crippen molar-refractivity contribution in [3.05, 3.63) is 104 Å². The van der Waals surface area contributed by atoms with Crippen LogP contribution >= 0.6 is 0 Å². The highest BCUT2D eigenvalue weighted by Gasteiger charge is 2.18. The quantitative estimate of drug-likeness (QED) is 0.381. The van der Waals surface area contributed by atoms with Gasteiger partial charge in [-0.1, -0.05) is 32.9 Å². The molecule has 190 valence electrons. The number of aromatic amines is 1. The molecule has 0 fully saturated rings. The van der Waals surface area contributed by atoms with E-state index in [1.807, 2.05) is 25.1 Å². The Morgan fingerprint density at radius 3 is 2.35 bits per heavy atom. The molecule has 0 aliphatic rings. The number of nitrogens with one attached hydrogen (secondary N) is 2. The Morgan fingerprint density at radius 2 is 1.70 bits per heavy atom. The van der Waals surface area contributed by atoms with E-state index in [0.717, 1.165) is 11.3 Å². The van der Waals surface area contributed by atoms with Crippen LogP contribution in [0.1, 0.15) is 65.0 Å². The van der Waals surface area contributed by atoms with Crippen LogP contribution in [-0.2, 0) is 11.8 Å². The predicted molar refractivity (Wildman–Crippen MR) is 142 cm³/mol. The largest absolute Gasteiger partial charge is 0.319 e. The van der Waals surface area contributed by atoms with E-state index in [-0.39, 0.29) is 16.7 Å². The van der Waals surface area contributed by atoms with Crippen LogP contribution in [0.25, 0.3) is 11.3 Å². The molecule has 1 amide bonds. The van der Waals surface area contributed by atoms with Gasteiger partial charge in [-0.2, -0.15) is 5.10 Å². The normalized spacial score (nSPS) is 11.4. The zero-order valence-electron chi connectivity index (χ0n) is 21.9. The number of aryl methyl sites for hydroxylation is 2. The summed E-state index contributed by atoms with van der Waals surface area (Å²) >= 11 is 0. The number of carbonyl (C=O) groups excluding carboxylic acids is 1. The summed E-state index contributed by atoms with van der Waals surface area (Å²) in [5.41, 5.74) is 4.77. The molecule has 0 bridgehead atoms. The molecule has 4 aromatic rings. The number of H-pyrrole nitrogens is 1. The number of anilines is 1. The smallest absolute Gasteiger partial charge is 0.267 e. The van der Waals surface area contributed by atoms with Crippen LogP contribution in [-0.4, -0.2) is 26.1 Å². The van der Waals surface area contributed by atoms with Gasteiger partial charge in [-0.05, 0) is 73.7 Å². The molecule has 2 aromatic heterocycles. The molecule has 0 spiro atoms. The fourth-order valence-corrected chi connectivity index (χ4v) is 4.21. The lowest BCUT2D eigenvalue weighted by atomic mass is 9.86. The summed E-state index contributed by atoms with van der Waals surface area (Å²) < 4.78 is 14.8. The first-order chi connectivity index (χ1) is 17.4. The molecular formula is C29H30FN5O2. The summed E-state index contributed by atoms with van der Waals surface area (Å²) in [4.78, 5) is 34.1. The second-order valence-electron chi connectivity index (χ2n) is 10.2. The Labute approximate surface area is 215 Å². The third kappa shape index (κ3) is 5.80. The van der Waals surface area contributed by atoms with Gasteiger partial charge in [0.25, 0.3) is 11.5 Å². The Balaban J connectivity index is 1.64. The van der Waals surface area contributed by atoms with Gasteiger partial charge in [0, 0.05) is 34.5 Å². The number of carbonyl (C=O) groups is 1. The number of nitrogens with zero attached hydrogens (tertiary/aromatic N) is 3. The van der Waals surface area contributed by atoms with Crippen LogP contribution in [0.2, 0.25) is 0 Å². The summed E-state index contributed by atoms with van der Waals surface area (Å²) in [6.45, 7) is 11.7. The summed E-state index contributed by atoms with van der Waals surface area (Å²) in [6, 6.07) is 13.6. The molecule has 4 rings (SSSR count). The van der Waals surface area contributed by atoms with Crippen molar-refractivity contribution in [3.8, 4) is 11.3 Å². The maximum Gasteiger partial charge on any atom is 0.267 e. The molecule has 2 aromatic carbocycles. The van der Waals surface area contributed by atoms with Crippen LogP contribution in [0, 0.1) is 26.6 Å². The lowest BCUT2D eigenvalue weighted by Gasteiger charge is -2.19. The molecule has 0 aliphatic heterocycles. The first-order valence-electron chi connectivity index (χ1n) is 12.0. The van der Waals surface area contributed by atoms with Crippen molar-refractivity contribution in [2.75, 3.05) is 5.32 Å². The molecule has 0 saturated carbocycles. The first kappa shape index (κ1) is 25.9. The van der Waals surface area contributed by atoms with E-state index in [2.05, 4.69) is 46.3 Å². The van der Waals surface area contributed by atoms with Crippen molar-refractivity contribution in [2.24, 2.45) is 0 Å². The van der Waals surface area contributed by atoms with Crippen LogP contribution in [0.5, 0.6) is 0 Å². The number of halogens is 1. The first-order valence-corrected chi connectivity index (χ1v) is 12.0. The minimum Gasteiger partial charge on any atom is -0.319 e. The van der Waals surface area contributed by atoms with Gasteiger partial charge in [0.1, 0.15) is 11.6 Å². The average molecular weight is 500 g/mol. The third-order valence-corrected chi connectivity index (χ3v) is 6.21. The zero-order chi connectivity index (χ0) is 26.9. The SMILES string of the molecule is Cc1cc(Cc2cc(-c3ccc(F)c(NC(=O)c4ccc(C(C)(C)C)cc4)c3C)n[nH]c2=O)nc(C)n1. The monoisotopic (exact) mass is 499 g/mol. The Bertz CT molecular complexity index is 1520. The molecule has 8 heteroatoms. The van der Waals surface area contributed by atoms with Gasteiger partial charge in [0.2, 0.25) is 0 Å². The Kier molecular flexibility index (Phi) is 7.03. The second kappa shape index (κ2) is 10.0. The second-order valence-corrected chi connectivity index (χ2v) is 10.2. The number of hydrogen-bond donors (Lipinski definition) is 2. The summed E-state index contributed by atoms with van der Waals surface area (Å²) in [7, 11) is 0. The van der Waals surface area contributed by atoms with E-state index in [1.165, 1.54) is 6.07 Å². The molecule has 2 heterocycles. The van der Waals surface area contributed by atoms with Crippen LogP contribution < -0.4 is 10.9 Å². The fraction of sp³-hybridized carbons (Fsp3) is 0.276. The van der Waals surface area contributed by atoms with Gasteiger partial charge in [-0.3, -0.25) is 9.59 Å². The maximum absolute atomic E-state index is 14.8. The van der Waals surface area contributed by atoms with Crippen LogP contribution in [0.3, 0.4) is 0 Å². The minimum absolute atomic E-state index is 0.0420. The summed E-state index contributed by atoms with van der Waals surface area (Å²) in [5, 5.41) is 9.42. The zero-order valence-corrected chi connectivity index (χ0v) is 21.9. The van der Waals surface area contributed by atoms with Gasteiger partial charge in [0.05, 0.1) is 11.4 Å². The molecule has 2 N–H and O–H groups in total. The fourth-order valence-electron chi connectivity index (χ4n) is 4.21. The van der Waals surface area contributed by atoms with E-state index in [4.69, 9.17) is 0 Å². The van der Waals surface area contributed by atoms with Crippen molar-refractivity contribution in [1.29, 1.82) is 0 Å². The molecule has 0 atom stereocenters. The standard InChI is InChI=1S/C29H30FN5O2/c1-16-13-22(32-18(3)31-16)14-20-15-25(34-35-28(20)37)23-11-12-24(30)26(17(23)2)33-27(36)19-7-9-21(10-8-19)29(4,5)6/h7-13,15H,14H2,1-6H3,(H,33,36)(H,35,37). The lowest BCUT2D eigenvalue weighted by Crippen LogP contribution is -2.17. The van der Waals surface area contributed by atoms with Gasteiger partial charge in [-0.15, -0.1) is 0 Å². The molecule has 0 radical (unpaired) electrons. The van der Waals surface area contributed by atoms with E-state index in [1.54, 1.807) is 38.1 Å². The highest BCUT2D eigenvalue weighted by Crippen LogP contribution is 2.30. The number of hydrogen-bond acceptors (Lipinski definition) is 5. The van der Waals surface area contributed by atoms with E-state index >= 15 is 0 Å². The number of benzene rings is 2. The van der Waals surface area contributed by atoms with Crippen LogP contribution in [0.15, 0.2) is 53.3 Å². The number of amides is 1. The molecule has 0 aliphatic carbocycles. The van der Waals surface area contributed by atoms with Gasteiger partial charge in [-0.25, -0.2) is 19.5 Å². The van der Waals surface area contributed by atoms with Crippen molar-refractivity contribution >= 4 is 11.6 Å². The molecule has 0 unspecified atom stereocenters. The maximum atomic E-state index is 14.8. The van der Waals surface area contributed by atoms with Crippen molar-refractivity contribution < 1.29 is 9.18 Å². The Morgan fingerprint density at radius 1 is 1.00 bits per heavy atom. The lowest BCUT2D eigenvalue weighted by molar-refractivity contribution is 0.102. The number of aromatic nitrogens is 4. The minimum atomic E-state index is -0.558. The average Bonchev–Trinajstić information content (AvgIpc) is 2.82. The van der Waals surface area contributed by atoms with Gasteiger partial charge >= 0.3 is 0 Å². The number of rotatable bonds is 5. The van der Waals surface area contributed by atoms with Crippen LogP contribution in [0.4, 0.5) is 10.1 Å². The molecule has 37 heavy (non-hydrogen) atoms. The Hall–Kier alpha value is -4.20. The van der Waals surface area contributed by atoms with Crippen molar-refractivity contribution in [3.63, 3.8) is 0 Å². The van der Waals surface area contributed by atoms with E-state index in [0.29, 0.717) is 45.9 Å². The van der Waals surface area contributed by atoms with Crippen molar-refractivity contribution in [1.82, 2.24) is 20.2 Å². The van der Waals surface area contributed by atoms with Gasteiger partial charge in [0.15, 0.2) is 0 Å². The third-order valence-electron chi connectivity index (χ3n) is 6.21. The summed E-state index contributed by atoms with van der Waals surface area (Å²) in [5.74, 6) is -0.342. The van der Waals surface area contributed by atoms with E-state index in [9.17, 15) is 14.0 Å². The van der Waals surface area contributed by atoms with Crippen molar-refractivity contribution in [2.45, 2.75) is 53.4 Å².